The normalized spacial score (nSPS) is 12.0. The number of nitrogens with one attached hydrogen (secondary N) is 2. The fourth-order valence-corrected chi connectivity index (χ4v) is 1.79. The van der Waals surface area contributed by atoms with Crippen LogP contribution >= 0.6 is 0 Å². The minimum absolute atomic E-state index is 0.0358. The van der Waals surface area contributed by atoms with Crippen LogP contribution in [0.15, 0.2) is 36.0 Å². The van der Waals surface area contributed by atoms with Gasteiger partial charge in [0.25, 0.3) is 5.91 Å². The van der Waals surface area contributed by atoms with Crippen molar-refractivity contribution < 1.29 is 22.7 Å². The highest BCUT2D eigenvalue weighted by molar-refractivity contribution is 6.06. The van der Waals surface area contributed by atoms with Gasteiger partial charge in [-0.15, -0.1) is 0 Å². The third kappa shape index (κ3) is 7.72. The van der Waals surface area contributed by atoms with E-state index in [0.717, 1.165) is 12.1 Å². The number of anilines is 1. The van der Waals surface area contributed by atoms with Gasteiger partial charge in [0.05, 0.1) is 11.7 Å². The van der Waals surface area contributed by atoms with Crippen molar-refractivity contribution in [1.82, 2.24) is 5.32 Å². The van der Waals surface area contributed by atoms with E-state index in [-0.39, 0.29) is 17.4 Å². The molecule has 0 saturated heterocycles. The maximum absolute atomic E-state index is 12.7. The van der Waals surface area contributed by atoms with E-state index in [1.807, 2.05) is 13.8 Å². The minimum Gasteiger partial charge on any atom is -0.390 e. The molecule has 0 bridgehead atoms. The Morgan fingerprint density at radius 1 is 1.40 bits per heavy atom. The number of halogens is 3. The number of rotatable bonds is 8. The molecule has 0 unspecified atom stereocenters. The molecule has 0 atom stereocenters. The predicted molar refractivity (Wildman–Crippen MR) is 87.5 cm³/mol. The molecule has 8 heteroatoms. The van der Waals surface area contributed by atoms with E-state index < -0.39 is 17.6 Å². The van der Waals surface area contributed by atoms with Gasteiger partial charge in [0.2, 0.25) is 0 Å². The van der Waals surface area contributed by atoms with Crippen LogP contribution in [0.25, 0.3) is 0 Å². The average Bonchev–Trinajstić information content (AvgIpc) is 2.53. The molecule has 0 saturated carbocycles. The second-order valence-corrected chi connectivity index (χ2v) is 5.43. The van der Waals surface area contributed by atoms with Crippen molar-refractivity contribution >= 4 is 11.6 Å². The fraction of sp³-hybridized carbons (Fsp3) is 0.412. The van der Waals surface area contributed by atoms with E-state index in [4.69, 9.17) is 10.00 Å². The Bertz CT molecular complexity index is 649. The van der Waals surface area contributed by atoms with Gasteiger partial charge in [-0.2, -0.15) is 18.4 Å². The van der Waals surface area contributed by atoms with Crippen LogP contribution in [0, 0.1) is 11.3 Å². The molecule has 1 aromatic carbocycles. The zero-order valence-corrected chi connectivity index (χ0v) is 14.0. The number of carbonyl (C=O) groups excluding carboxylic acids is 1. The second-order valence-electron chi connectivity index (χ2n) is 5.43. The number of ether oxygens (including phenoxy) is 1. The van der Waals surface area contributed by atoms with Gasteiger partial charge in [0.15, 0.2) is 0 Å². The van der Waals surface area contributed by atoms with E-state index in [1.54, 1.807) is 6.07 Å². The van der Waals surface area contributed by atoms with Crippen molar-refractivity contribution in [2.45, 2.75) is 32.5 Å². The maximum Gasteiger partial charge on any atom is 0.416 e. The number of benzene rings is 1. The van der Waals surface area contributed by atoms with Crippen LogP contribution in [0.5, 0.6) is 0 Å². The van der Waals surface area contributed by atoms with Gasteiger partial charge in [-0.05, 0) is 38.5 Å². The van der Waals surface area contributed by atoms with E-state index in [2.05, 4.69) is 10.6 Å². The van der Waals surface area contributed by atoms with Crippen molar-refractivity contribution in [2.75, 3.05) is 18.5 Å². The van der Waals surface area contributed by atoms with Gasteiger partial charge in [-0.1, -0.05) is 6.07 Å². The summed E-state index contributed by atoms with van der Waals surface area (Å²) in [5, 5.41) is 14.1. The van der Waals surface area contributed by atoms with E-state index in [1.165, 1.54) is 18.3 Å². The maximum atomic E-state index is 12.7. The first kappa shape index (κ1) is 20.5. The molecular formula is C17H20F3N3O2. The third-order valence-electron chi connectivity index (χ3n) is 2.98. The zero-order chi connectivity index (χ0) is 18.9. The fourth-order valence-electron chi connectivity index (χ4n) is 1.79. The van der Waals surface area contributed by atoms with Crippen LogP contribution in [-0.2, 0) is 15.7 Å². The summed E-state index contributed by atoms with van der Waals surface area (Å²) >= 11 is 0. The molecule has 2 N–H and O–H groups in total. The summed E-state index contributed by atoms with van der Waals surface area (Å²) in [5.41, 5.74) is -1.15. The van der Waals surface area contributed by atoms with Gasteiger partial charge in [-0.3, -0.25) is 4.79 Å². The zero-order valence-electron chi connectivity index (χ0n) is 14.0. The highest BCUT2D eigenvalue weighted by Crippen LogP contribution is 2.30. The van der Waals surface area contributed by atoms with Crippen molar-refractivity contribution in [3.05, 3.63) is 41.6 Å². The second kappa shape index (κ2) is 9.69. The summed E-state index contributed by atoms with van der Waals surface area (Å²) in [6.07, 6.45) is -2.46. The number of nitrogens with zero attached hydrogens (tertiary/aromatic N) is 1. The number of nitriles is 1. The molecule has 0 aliphatic rings. The molecule has 5 nitrogen and oxygen atoms in total. The van der Waals surface area contributed by atoms with Crippen LogP contribution < -0.4 is 10.6 Å². The molecule has 0 radical (unpaired) electrons. The van der Waals surface area contributed by atoms with Crippen LogP contribution in [0.3, 0.4) is 0 Å². The minimum atomic E-state index is -4.51. The van der Waals surface area contributed by atoms with Crippen LogP contribution in [-0.4, -0.2) is 25.2 Å². The largest absolute Gasteiger partial charge is 0.416 e. The van der Waals surface area contributed by atoms with Gasteiger partial charge < -0.3 is 15.4 Å². The molecule has 136 valence electrons. The Balaban J connectivity index is 2.59. The number of amides is 1. The lowest BCUT2D eigenvalue weighted by Gasteiger charge is -2.10. The Kier molecular flexibility index (Phi) is 7.95. The number of hydrogen-bond acceptors (Lipinski definition) is 4. The summed E-state index contributed by atoms with van der Waals surface area (Å²) < 4.78 is 43.3. The van der Waals surface area contributed by atoms with Crippen LogP contribution in [0.2, 0.25) is 0 Å². The first-order chi connectivity index (χ1) is 11.7. The van der Waals surface area contributed by atoms with Crippen LogP contribution in [0.1, 0.15) is 25.8 Å². The number of carbonyl (C=O) groups is 1. The highest BCUT2D eigenvalue weighted by atomic mass is 19.4. The summed E-state index contributed by atoms with van der Waals surface area (Å²) in [6.45, 7) is 4.87. The lowest BCUT2D eigenvalue weighted by Crippen LogP contribution is -2.18. The lowest BCUT2D eigenvalue weighted by molar-refractivity contribution is -0.137. The SMILES string of the molecule is CC(C)OCCCN/C=C(/C#N)C(=O)Nc1cccc(C(F)(F)F)c1. The van der Waals surface area contributed by atoms with Crippen molar-refractivity contribution in [3.63, 3.8) is 0 Å². The molecule has 1 rings (SSSR count). The Morgan fingerprint density at radius 2 is 2.12 bits per heavy atom. The Labute approximate surface area is 144 Å². The molecule has 0 fully saturated rings. The van der Waals surface area contributed by atoms with Crippen molar-refractivity contribution in [3.8, 4) is 6.07 Å². The van der Waals surface area contributed by atoms with Gasteiger partial charge in [0.1, 0.15) is 11.6 Å². The van der Waals surface area contributed by atoms with E-state index in [9.17, 15) is 18.0 Å². The smallest absolute Gasteiger partial charge is 0.390 e. The molecule has 0 aliphatic heterocycles. The molecule has 0 spiro atoms. The van der Waals surface area contributed by atoms with Gasteiger partial charge in [0, 0.05) is 25.0 Å². The van der Waals surface area contributed by atoms with Gasteiger partial charge >= 0.3 is 6.18 Å². The predicted octanol–water partition coefficient (Wildman–Crippen LogP) is 3.46. The van der Waals surface area contributed by atoms with Crippen molar-refractivity contribution in [2.24, 2.45) is 0 Å². The first-order valence-electron chi connectivity index (χ1n) is 7.68. The molecule has 0 heterocycles. The summed E-state index contributed by atoms with van der Waals surface area (Å²) in [4.78, 5) is 12.0. The number of alkyl halides is 3. The Hall–Kier alpha value is -2.53. The molecular weight excluding hydrogens is 335 g/mol. The summed E-state index contributed by atoms with van der Waals surface area (Å²) in [5.74, 6) is -0.784. The molecule has 0 aliphatic carbocycles. The topological polar surface area (TPSA) is 74.1 Å². The number of hydrogen-bond donors (Lipinski definition) is 2. The van der Waals surface area contributed by atoms with Crippen LogP contribution in [0.4, 0.5) is 18.9 Å². The average molecular weight is 355 g/mol. The van der Waals surface area contributed by atoms with E-state index in [0.29, 0.717) is 19.6 Å². The first-order valence-corrected chi connectivity index (χ1v) is 7.68. The summed E-state index contributed by atoms with van der Waals surface area (Å²) in [7, 11) is 0. The van der Waals surface area contributed by atoms with E-state index >= 15 is 0 Å². The third-order valence-corrected chi connectivity index (χ3v) is 2.98. The molecule has 1 amide bonds. The molecule has 1 aromatic rings. The quantitative estimate of drug-likeness (QED) is 0.425. The summed E-state index contributed by atoms with van der Waals surface area (Å²) in [6, 6.07) is 5.92. The molecule has 25 heavy (non-hydrogen) atoms. The lowest BCUT2D eigenvalue weighted by atomic mass is 10.2. The Morgan fingerprint density at radius 3 is 2.72 bits per heavy atom. The van der Waals surface area contributed by atoms with Gasteiger partial charge in [-0.25, -0.2) is 0 Å². The molecule has 0 aromatic heterocycles. The van der Waals surface area contributed by atoms with Crippen molar-refractivity contribution in [1.29, 1.82) is 5.26 Å². The standard InChI is InChI=1S/C17H20F3N3O2/c1-12(2)25-8-4-7-22-11-13(10-21)16(24)23-15-6-3-5-14(9-15)17(18,19)20/h3,5-6,9,11-12,22H,4,7-8H2,1-2H3,(H,23,24)/b13-11-. The highest BCUT2D eigenvalue weighted by Gasteiger charge is 2.30. The monoisotopic (exact) mass is 355 g/mol.